The molecule has 0 radical (unpaired) electrons. The van der Waals surface area contributed by atoms with E-state index in [4.69, 9.17) is 9.97 Å². The summed E-state index contributed by atoms with van der Waals surface area (Å²) >= 11 is 2.96. The van der Waals surface area contributed by atoms with Crippen LogP contribution in [0.15, 0.2) is 39.0 Å². The lowest BCUT2D eigenvalue weighted by Gasteiger charge is -2.18. The second-order valence-electron chi connectivity index (χ2n) is 7.36. The average Bonchev–Trinajstić information content (AvgIpc) is 2.95. The number of benzene rings is 1. The number of thiophene rings is 1. The molecule has 0 aliphatic rings. The van der Waals surface area contributed by atoms with Gasteiger partial charge in [0.25, 0.3) is 11.1 Å². The Labute approximate surface area is 176 Å². The quantitative estimate of drug-likeness (QED) is 0.376. The highest BCUT2D eigenvalue weighted by Crippen LogP contribution is 2.34. The first kappa shape index (κ1) is 19.8. The van der Waals surface area contributed by atoms with E-state index >= 15 is 0 Å². The first-order valence-corrected chi connectivity index (χ1v) is 11.2. The normalized spacial score (nSPS) is 12.9. The number of para-hydroxylation sites is 1. The fourth-order valence-corrected chi connectivity index (χ4v) is 5.48. The topological polar surface area (TPSA) is 80.6 Å². The number of aromatic nitrogens is 4. The van der Waals surface area contributed by atoms with Gasteiger partial charge in [-0.2, -0.15) is 0 Å². The predicted molar refractivity (Wildman–Crippen MR) is 120 cm³/mol. The van der Waals surface area contributed by atoms with Crippen LogP contribution >= 0.6 is 23.1 Å². The zero-order valence-electron chi connectivity index (χ0n) is 16.9. The van der Waals surface area contributed by atoms with Gasteiger partial charge < -0.3 is 4.98 Å². The van der Waals surface area contributed by atoms with E-state index in [1.807, 2.05) is 52.8 Å². The number of aromatic amines is 1. The van der Waals surface area contributed by atoms with Gasteiger partial charge in [0.2, 0.25) is 0 Å². The Morgan fingerprint density at radius 2 is 1.83 bits per heavy atom. The maximum absolute atomic E-state index is 13.0. The summed E-state index contributed by atoms with van der Waals surface area (Å²) in [4.78, 5) is 39.9. The Bertz CT molecular complexity index is 1350. The Morgan fingerprint density at radius 1 is 1.10 bits per heavy atom. The minimum absolute atomic E-state index is 0.0358. The highest BCUT2D eigenvalue weighted by molar-refractivity contribution is 7.99. The smallest absolute Gasteiger partial charge is 0.262 e. The van der Waals surface area contributed by atoms with Crippen LogP contribution in [0.2, 0.25) is 0 Å². The maximum Gasteiger partial charge on any atom is 0.262 e. The maximum atomic E-state index is 13.0. The van der Waals surface area contributed by atoms with Gasteiger partial charge in [-0.15, -0.1) is 11.3 Å². The summed E-state index contributed by atoms with van der Waals surface area (Å²) < 4.78 is 1.71. The Hall–Kier alpha value is -2.45. The summed E-state index contributed by atoms with van der Waals surface area (Å²) in [5.41, 5.74) is 1.48. The highest BCUT2D eigenvalue weighted by atomic mass is 32.2. The van der Waals surface area contributed by atoms with Crippen molar-refractivity contribution in [3.63, 3.8) is 0 Å². The monoisotopic (exact) mass is 426 g/mol. The summed E-state index contributed by atoms with van der Waals surface area (Å²) in [5, 5.41) is 1.72. The number of aryl methyl sites for hydroxylation is 2. The Morgan fingerprint density at radius 3 is 2.55 bits per heavy atom. The molecule has 0 spiro atoms. The van der Waals surface area contributed by atoms with Gasteiger partial charge in [0.1, 0.15) is 10.7 Å². The van der Waals surface area contributed by atoms with Gasteiger partial charge in [0, 0.05) is 10.9 Å². The molecule has 0 aliphatic carbocycles. The van der Waals surface area contributed by atoms with E-state index in [9.17, 15) is 9.59 Å². The summed E-state index contributed by atoms with van der Waals surface area (Å²) in [6.45, 7) is 9.85. The number of fused-ring (bicyclic) bond motifs is 2. The number of hydrogen-bond donors (Lipinski definition) is 1. The summed E-state index contributed by atoms with van der Waals surface area (Å²) in [7, 11) is 0. The molecule has 3 aromatic heterocycles. The minimum atomic E-state index is -0.173. The van der Waals surface area contributed by atoms with Crippen molar-refractivity contribution in [1.29, 1.82) is 0 Å². The molecule has 8 heteroatoms. The molecule has 29 heavy (non-hydrogen) atoms. The van der Waals surface area contributed by atoms with E-state index in [0.717, 1.165) is 15.3 Å². The lowest BCUT2D eigenvalue weighted by molar-refractivity contribution is 0.518. The molecule has 3 heterocycles. The largest absolute Gasteiger partial charge is 0.309 e. The fourth-order valence-electron chi connectivity index (χ4n) is 3.34. The fraction of sp³-hybridized carbons (Fsp3) is 0.333. The van der Waals surface area contributed by atoms with Crippen LogP contribution in [0.3, 0.4) is 0 Å². The third kappa shape index (κ3) is 3.40. The van der Waals surface area contributed by atoms with Gasteiger partial charge >= 0.3 is 0 Å². The third-order valence-corrected chi connectivity index (χ3v) is 7.19. The van der Waals surface area contributed by atoms with Crippen molar-refractivity contribution < 1.29 is 0 Å². The molecule has 0 aliphatic heterocycles. The van der Waals surface area contributed by atoms with Crippen LogP contribution in [0.25, 0.3) is 21.1 Å². The number of nitrogens with zero attached hydrogens (tertiary/aromatic N) is 3. The zero-order valence-corrected chi connectivity index (χ0v) is 18.6. The Kier molecular flexibility index (Phi) is 5.08. The molecule has 0 saturated carbocycles. The van der Waals surface area contributed by atoms with Gasteiger partial charge in [0.05, 0.1) is 21.5 Å². The SMILES string of the molecule is Cc1sc2nc([C@@H](C)Sc3nc4ccccc4c(=O)n3C(C)C)[nH]c(=O)c2c1C. The zero-order chi connectivity index (χ0) is 20.9. The molecule has 0 amide bonds. The van der Waals surface area contributed by atoms with Gasteiger partial charge in [-0.25, -0.2) is 9.97 Å². The summed E-state index contributed by atoms with van der Waals surface area (Å²) in [5.74, 6) is 0.589. The van der Waals surface area contributed by atoms with Crippen molar-refractivity contribution in [3.05, 3.63) is 61.2 Å². The second-order valence-corrected chi connectivity index (χ2v) is 9.87. The molecule has 1 atom stereocenters. The molecule has 1 N–H and O–H groups in total. The molecular weight excluding hydrogens is 404 g/mol. The van der Waals surface area contributed by atoms with E-state index in [2.05, 4.69) is 4.98 Å². The van der Waals surface area contributed by atoms with Crippen LogP contribution in [-0.4, -0.2) is 19.5 Å². The number of H-pyrrole nitrogens is 1. The van der Waals surface area contributed by atoms with E-state index in [1.165, 1.54) is 23.1 Å². The first-order valence-electron chi connectivity index (χ1n) is 9.45. The van der Waals surface area contributed by atoms with Crippen LogP contribution < -0.4 is 11.1 Å². The van der Waals surface area contributed by atoms with E-state index < -0.39 is 0 Å². The van der Waals surface area contributed by atoms with Gasteiger partial charge in [-0.1, -0.05) is 23.9 Å². The number of nitrogens with one attached hydrogen (secondary N) is 1. The van der Waals surface area contributed by atoms with Crippen molar-refractivity contribution in [1.82, 2.24) is 19.5 Å². The third-order valence-electron chi connectivity index (χ3n) is 5.02. The molecule has 4 aromatic rings. The van der Waals surface area contributed by atoms with E-state index in [1.54, 1.807) is 10.6 Å². The lowest BCUT2D eigenvalue weighted by atomic mass is 10.2. The molecule has 6 nitrogen and oxygen atoms in total. The molecule has 4 rings (SSSR count). The van der Waals surface area contributed by atoms with Crippen molar-refractivity contribution in [2.75, 3.05) is 0 Å². The van der Waals surface area contributed by atoms with Crippen LogP contribution in [0, 0.1) is 13.8 Å². The van der Waals surface area contributed by atoms with Crippen LogP contribution in [0.4, 0.5) is 0 Å². The summed E-state index contributed by atoms with van der Waals surface area (Å²) in [6, 6.07) is 7.34. The molecule has 150 valence electrons. The summed E-state index contributed by atoms with van der Waals surface area (Å²) in [6.07, 6.45) is 0. The van der Waals surface area contributed by atoms with Crippen LogP contribution in [0.5, 0.6) is 0 Å². The van der Waals surface area contributed by atoms with Crippen LogP contribution in [0.1, 0.15) is 48.3 Å². The standard InChI is InChI=1S/C21H22N4O2S2/c1-10(2)25-20(27)14-8-6-7-9-15(14)22-21(25)29-13(5)17-23-18(26)16-11(3)12(4)28-19(16)24-17/h6-10,13H,1-5H3,(H,23,24,26)/t13-/m1/s1. The van der Waals surface area contributed by atoms with Crippen molar-refractivity contribution in [3.8, 4) is 0 Å². The molecular formula is C21H22N4O2S2. The van der Waals surface area contributed by atoms with Crippen molar-refractivity contribution in [2.24, 2.45) is 0 Å². The molecule has 0 unspecified atom stereocenters. The number of hydrogen-bond acceptors (Lipinski definition) is 6. The molecule has 0 saturated heterocycles. The number of rotatable bonds is 4. The Balaban J connectivity index is 1.81. The predicted octanol–water partition coefficient (Wildman–Crippen LogP) is 4.75. The lowest BCUT2D eigenvalue weighted by Crippen LogP contribution is -2.25. The second kappa shape index (κ2) is 7.42. The van der Waals surface area contributed by atoms with Crippen molar-refractivity contribution >= 4 is 44.2 Å². The minimum Gasteiger partial charge on any atom is -0.309 e. The van der Waals surface area contributed by atoms with Crippen molar-refractivity contribution in [2.45, 2.75) is 51.1 Å². The van der Waals surface area contributed by atoms with Gasteiger partial charge in [-0.05, 0) is 52.3 Å². The van der Waals surface area contributed by atoms with E-state index in [0.29, 0.717) is 27.3 Å². The number of thioether (sulfide) groups is 1. The average molecular weight is 427 g/mol. The molecule has 0 bridgehead atoms. The molecule has 1 aromatic carbocycles. The highest BCUT2D eigenvalue weighted by Gasteiger charge is 2.20. The van der Waals surface area contributed by atoms with Crippen LogP contribution in [-0.2, 0) is 0 Å². The first-order chi connectivity index (χ1) is 13.8. The molecule has 0 fully saturated rings. The van der Waals surface area contributed by atoms with Gasteiger partial charge in [0.15, 0.2) is 5.16 Å². The van der Waals surface area contributed by atoms with E-state index in [-0.39, 0.29) is 22.4 Å². The van der Waals surface area contributed by atoms with Gasteiger partial charge in [-0.3, -0.25) is 14.2 Å².